The van der Waals surface area contributed by atoms with E-state index in [0.29, 0.717) is 11.8 Å². The third-order valence-corrected chi connectivity index (χ3v) is 4.93. The zero-order chi connectivity index (χ0) is 16.4. The maximum Gasteiger partial charge on any atom is 0.163 e. The lowest BCUT2D eigenvalue weighted by Crippen LogP contribution is -2.10. The second kappa shape index (κ2) is 6.62. The smallest absolute Gasteiger partial charge is 0.163 e. The first-order valence-electron chi connectivity index (χ1n) is 8.00. The van der Waals surface area contributed by atoms with Crippen LogP contribution < -0.4 is 5.32 Å². The average Bonchev–Trinajstić information content (AvgIpc) is 2.97. The van der Waals surface area contributed by atoms with Gasteiger partial charge in [-0.05, 0) is 30.0 Å². The van der Waals surface area contributed by atoms with Crippen LogP contribution in [0.15, 0.2) is 30.6 Å². The summed E-state index contributed by atoms with van der Waals surface area (Å²) in [5.74, 6) is 2.74. The Hall–Kier alpha value is -2.01. The zero-order valence-corrected chi connectivity index (χ0v) is 14.8. The maximum atomic E-state index is 4.78. The van der Waals surface area contributed by atoms with Crippen LogP contribution in [0.3, 0.4) is 0 Å². The van der Waals surface area contributed by atoms with Gasteiger partial charge in [-0.2, -0.15) is 0 Å². The van der Waals surface area contributed by atoms with Gasteiger partial charge in [-0.1, -0.05) is 27.7 Å². The van der Waals surface area contributed by atoms with E-state index in [1.54, 1.807) is 23.7 Å². The van der Waals surface area contributed by atoms with E-state index in [9.17, 15) is 0 Å². The van der Waals surface area contributed by atoms with E-state index in [2.05, 4.69) is 44.1 Å². The minimum atomic E-state index is 0.497. The molecule has 0 aliphatic heterocycles. The number of nitrogens with one attached hydrogen (secondary N) is 1. The van der Waals surface area contributed by atoms with E-state index in [1.165, 1.54) is 4.88 Å². The Morgan fingerprint density at radius 2 is 1.83 bits per heavy atom. The lowest BCUT2D eigenvalue weighted by molar-refractivity contribution is 0.687. The van der Waals surface area contributed by atoms with Gasteiger partial charge in [0.05, 0.1) is 5.39 Å². The molecular weight excluding hydrogens is 304 g/mol. The summed E-state index contributed by atoms with van der Waals surface area (Å²) in [6.07, 6.45) is 3.55. The van der Waals surface area contributed by atoms with Crippen molar-refractivity contribution in [3.8, 4) is 11.4 Å². The third kappa shape index (κ3) is 3.50. The Labute approximate surface area is 141 Å². The normalized spacial score (nSPS) is 11.6. The topological polar surface area (TPSA) is 50.7 Å². The van der Waals surface area contributed by atoms with Gasteiger partial charge in [0, 0.05) is 29.4 Å². The molecule has 0 amide bonds. The molecule has 3 heterocycles. The number of thiophene rings is 1. The highest BCUT2D eigenvalue weighted by atomic mass is 32.1. The molecule has 3 rings (SSSR count). The number of nitrogens with zero attached hydrogens (tertiary/aromatic N) is 3. The molecule has 0 atom stereocenters. The van der Waals surface area contributed by atoms with Crippen molar-refractivity contribution in [2.45, 2.75) is 33.6 Å². The van der Waals surface area contributed by atoms with Crippen molar-refractivity contribution in [2.24, 2.45) is 5.92 Å². The quantitative estimate of drug-likeness (QED) is 0.721. The van der Waals surface area contributed by atoms with E-state index >= 15 is 0 Å². The van der Waals surface area contributed by atoms with Gasteiger partial charge in [0.1, 0.15) is 10.6 Å². The summed E-state index contributed by atoms with van der Waals surface area (Å²) in [5, 5.41) is 4.61. The van der Waals surface area contributed by atoms with Crippen LogP contribution in [0.5, 0.6) is 0 Å². The molecule has 0 fully saturated rings. The standard InChI is InChI=1S/C18H22N4S/c1-11(2)10-20-17-14-9-15(12(3)4)23-18(14)22-16(21-17)13-5-7-19-8-6-13/h5-9,11-12H,10H2,1-4H3,(H,20,21,22). The fraction of sp³-hybridized carbons (Fsp3) is 0.389. The van der Waals surface area contributed by atoms with Gasteiger partial charge in [0.15, 0.2) is 5.82 Å². The number of anilines is 1. The molecule has 0 saturated carbocycles. The van der Waals surface area contributed by atoms with Crippen molar-refractivity contribution in [1.29, 1.82) is 0 Å². The lowest BCUT2D eigenvalue weighted by Gasteiger charge is -2.10. The van der Waals surface area contributed by atoms with E-state index in [0.717, 1.165) is 34.0 Å². The minimum Gasteiger partial charge on any atom is -0.369 e. The Kier molecular flexibility index (Phi) is 4.57. The first kappa shape index (κ1) is 15.9. The fourth-order valence-electron chi connectivity index (χ4n) is 2.29. The molecule has 120 valence electrons. The van der Waals surface area contributed by atoms with Crippen LogP contribution in [0.2, 0.25) is 0 Å². The second-order valence-corrected chi connectivity index (χ2v) is 7.49. The van der Waals surface area contributed by atoms with Crippen LogP contribution in [-0.2, 0) is 0 Å². The molecule has 0 aliphatic carbocycles. The summed E-state index contributed by atoms with van der Waals surface area (Å²) < 4.78 is 0. The Morgan fingerprint density at radius 3 is 2.48 bits per heavy atom. The average molecular weight is 326 g/mol. The molecule has 0 saturated heterocycles. The van der Waals surface area contributed by atoms with Crippen LogP contribution >= 0.6 is 11.3 Å². The number of pyridine rings is 1. The van der Waals surface area contributed by atoms with Crippen molar-refractivity contribution < 1.29 is 0 Å². The molecule has 3 aromatic heterocycles. The summed E-state index contributed by atoms with van der Waals surface area (Å²) in [7, 11) is 0. The van der Waals surface area contributed by atoms with Crippen LogP contribution in [0, 0.1) is 5.92 Å². The molecule has 0 spiro atoms. The number of hydrogen-bond acceptors (Lipinski definition) is 5. The van der Waals surface area contributed by atoms with Crippen LogP contribution in [0.1, 0.15) is 38.5 Å². The van der Waals surface area contributed by atoms with E-state index in [4.69, 9.17) is 9.97 Å². The van der Waals surface area contributed by atoms with Gasteiger partial charge in [0.2, 0.25) is 0 Å². The van der Waals surface area contributed by atoms with Crippen molar-refractivity contribution in [3.63, 3.8) is 0 Å². The molecule has 0 aliphatic rings. The number of fused-ring (bicyclic) bond motifs is 1. The number of aromatic nitrogens is 3. The molecule has 1 N–H and O–H groups in total. The van der Waals surface area contributed by atoms with E-state index in [-0.39, 0.29) is 0 Å². The van der Waals surface area contributed by atoms with Crippen LogP contribution in [-0.4, -0.2) is 21.5 Å². The summed E-state index contributed by atoms with van der Waals surface area (Å²) in [6, 6.07) is 6.12. The van der Waals surface area contributed by atoms with Crippen molar-refractivity contribution in [1.82, 2.24) is 15.0 Å². The molecule has 3 aromatic rings. The molecule has 0 bridgehead atoms. The lowest BCUT2D eigenvalue weighted by atomic mass is 10.1. The van der Waals surface area contributed by atoms with Crippen molar-refractivity contribution >= 4 is 27.4 Å². The maximum absolute atomic E-state index is 4.78. The highest BCUT2D eigenvalue weighted by molar-refractivity contribution is 7.18. The molecule has 0 aromatic carbocycles. The summed E-state index contributed by atoms with van der Waals surface area (Å²) >= 11 is 1.76. The van der Waals surface area contributed by atoms with Crippen LogP contribution in [0.25, 0.3) is 21.6 Å². The summed E-state index contributed by atoms with van der Waals surface area (Å²) in [4.78, 5) is 16.0. The highest BCUT2D eigenvalue weighted by Crippen LogP contribution is 2.34. The van der Waals surface area contributed by atoms with Gasteiger partial charge in [-0.15, -0.1) is 11.3 Å². The molecule has 4 nitrogen and oxygen atoms in total. The molecule has 5 heteroatoms. The largest absolute Gasteiger partial charge is 0.369 e. The predicted molar refractivity (Wildman–Crippen MR) is 98.1 cm³/mol. The number of hydrogen-bond donors (Lipinski definition) is 1. The Balaban J connectivity index is 2.12. The van der Waals surface area contributed by atoms with Crippen LogP contribution in [0.4, 0.5) is 5.82 Å². The first-order valence-corrected chi connectivity index (χ1v) is 8.82. The Morgan fingerprint density at radius 1 is 1.09 bits per heavy atom. The zero-order valence-electron chi connectivity index (χ0n) is 14.0. The van der Waals surface area contributed by atoms with Gasteiger partial charge in [-0.25, -0.2) is 9.97 Å². The second-order valence-electron chi connectivity index (χ2n) is 6.43. The first-order chi connectivity index (χ1) is 11.0. The van der Waals surface area contributed by atoms with Gasteiger partial charge >= 0.3 is 0 Å². The highest BCUT2D eigenvalue weighted by Gasteiger charge is 2.14. The SMILES string of the molecule is CC(C)CNc1nc(-c2ccncc2)nc2sc(C(C)C)cc12. The monoisotopic (exact) mass is 326 g/mol. The fourth-order valence-corrected chi connectivity index (χ4v) is 3.32. The van der Waals surface area contributed by atoms with Gasteiger partial charge in [0.25, 0.3) is 0 Å². The minimum absolute atomic E-state index is 0.497. The summed E-state index contributed by atoms with van der Waals surface area (Å²) in [6.45, 7) is 9.71. The third-order valence-electron chi connectivity index (χ3n) is 3.60. The van der Waals surface area contributed by atoms with E-state index < -0.39 is 0 Å². The van der Waals surface area contributed by atoms with Gasteiger partial charge < -0.3 is 5.32 Å². The van der Waals surface area contributed by atoms with E-state index in [1.807, 2.05) is 12.1 Å². The molecule has 0 unspecified atom stereocenters. The molecular formula is C18H22N4S. The summed E-state index contributed by atoms with van der Waals surface area (Å²) in [5.41, 5.74) is 0.994. The molecule has 23 heavy (non-hydrogen) atoms. The molecule has 0 radical (unpaired) electrons. The van der Waals surface area contributed by atoms with Gasteiger partial charge in [-0.3, -0.25) is 4.98 Å². The van der Waals surface area contributed by atoms with Crippen molar-refractivity contribution in [3.05, 3.63) is 35.5 Å². The Bertz CT molecular complexity index is 793. The predicted octanol–water partition coefficient (Wildman–Crippen LogP) is 4.94. The van der Waals surface area contributed by atoms with Crippen molar-refractivity contribution in [2.75, 3.05) is 11.9 Å². The number of rotatable bonds is 5.